The highest BCUT2D eigenvalue weighted by Crippen LogP contribution is 2.48. The highest BCUT2D eigenvalue weighted by atomic mass is 19.4. The minimum Gasteiger partial charge on any atom is -0.512 e. The lowest BCUT2D eigenvalue weighted by atomic mass is 9.84. The molecule has 0 aromatic carbocycles. The quantitative estimate of drug-likeness (QED) is 0.485. The Morgan fingerprint density at radius 3 is 1.92 bits per heavy atom. The van der Waals surface area contributed by atoms with Crippen molar-refractivity contribution < 1.29 is 41.0 Å². The van der Waals surface area contributed by atoms with E-state index < -0.39 is 46.5 Å². The van der Waals surface area contributed by atoms with Gasteiger partial charge in [0.1, 0.15) is 0 Å². The van der Waals surface area contributed by atoms with Crippen LogP contribution in [0.3, 0.4) is 0 Å². The molecule has 0 fully saturated rings. The van der Waals surface area contributed by atoms with Gasteiger partial charge in [0.2, 0.25) is 0 Å². The number of nitrogens with zero attached hydrogens (tertiary/aromatic N) is 1. The van der Waals surface area contributed by atoms with Crippen LogP contribution in [0.4, 0.5) is 26.3 Å². The first-order valence-electron chi connectivity index (χ1n) is 6.53. The van der Waals surface area contributed by atoms with Crippen LogP contribution in [0.1, 0.15) is 24.2 Å². The maximum absolute atomic E-state index is 13.5. The molecule has 0 saturated carbocycles. The average molecular weight is 370 g/mol. The predicted octanol–water partition coefficient (Wildman–Crippen LogP) is 3.10. The minimum atomic E-state index is -6.17. The molecule has 0 saturated heterocycles. The van der Waals surface area contributed by atoms with Gasteiger partial charge in [-0.2, -0.15) is 26.3 Å². The summed E-state index contributed by atoms with van der Waals surface area (Å²) in [6.07, 6.45) is -10.5. The van der Waals surface area contributed by atoms with E-state index in [4.69, 9.17) is 0 Å². The Bertz CT molecular complexity index is 677. The zero-order chi connectivity index (χ0) is 19.6. The van der Waals surface area contributed by atoms with Gasteiger partial charge in [-0.25, -0.2) is 0 Å². The third kappa shape index (κ3) is 3.74. The van der Waals surface area contributed by atoms with Gasteiger partial charge >= 0.3 is 12.4 Å². The van der Waals surface area contributed by atoms with E-state index in [2.05, 4.69) is 4.98 Å². The summed E-state index contributed by atoms with van der Waals surface area (Å²) in [5.41, 5.74) is -7.71. The Hall–Kier alpha value is -2.59. The molecule has 0 atom stereocenters. The zero-order valence-corrected chi connectivity index (χ0v) is 12.8. The molecule has 1 aromatic rings. The minimum absolute atomic E-state index is 0.414. The van der Waals surface area contributed by atoms with E-state index in [1.54, 1.807) is 0 Å². The van der Waals surface area contributed by atoms with Crippen LogP contribution in [0, 0.1) is 0 Å². The van der Waals surface area contributed by atoms with Gasteiger partial charge in [0.05, 0.1) is 16.9 Å². The van der Waals surface area contributed by atoms with E-state index in [9.17, 15) is 41.0 Å². The third-order valence-corrected chi connectivity index (χ3v) is 3.16. The maximum Gasteiger partial charge on any atom is 0.425 e. The molecule has 0 aliphatic carbocycles. The summed E-state index contributed by atoms with van der Waals surface area (Å²) in [5, 5.41) is 10.1. The second-order valence-electron chi connectivity index (χ2n) is 4.96. The van der Waals surface area contributed by atoms with Crippen molar-refractivity contribution in [1.82, 2.24) is 10.3 Å². The molecule has 138 valence electrons. The van der Waals surface area contributed by atoms with Gasteiger partial charge in [0.25, 0.3) is 11.4 Å². The Kier molecular flexibility index (Phi) is 5.50. The molecule has 0 spiro atoms. The predicted molar refractivity (Wildman–Crippen MR) is 72.6 cm³/mol. The van der Waals surface area contributed by atoms with Gasteiger partial charge in [0.15, 0.2) is 5.78 Å². The number of pyridine rings is 1. The van der Waals surface area contributed by atoms with Crippen molar-refractivity contribution in [3.8, 4) is 0 Å². The molecule has 11 heteroatoms. The van der Waals surface area contributed by atoms with Crippen molar-refractivity contribution in [1.29, 1.82) is 0 Å². The number of amides is 1. The number of allylic oxidation sites excluding steroid dienone is 1. The molecule has 25 heavy (non-hydrogen) atoms. The Balaban J connectivity index is 3.71. The summed E-state index contributed by atoms with van der Waals surface area (Å²) in [6.45, 7) is 0.900. The highest BCUT2D eigenvalue weighted by Gasteiger charge is 2.75. The first kappa shape index (κ1) is 20.5. The van der Waals surface area contributed by atoms with Crippen molar-refractivity contribution in [2.75, 3.05) is 0 Å². The van der Waals surface area contributed by atoms with Crippen molar-refractivity contribution in [3.05, 3.63) is 41.4 Å². The normalized spacial score (nSPS) is 13.9. The van der Waals surface area contributed by atoms with E-state index >= 15 is 0 Å². The Morgan fingerprint density at radius 2 is 1.60 bits per heavy atom. The molecule has 1 amide bonds. The van der Waals surface area contributed by atoms with Gasteiger partial charge < -0.3 is 10.4 Å². The van der Waals surface area contributed by atoms with Crippen LogP contribution >= 0.6 is 0 Å². The first-order valence-corrected chi connectivity index (χ1v) is 6.53. The molecular formula is C14H12F6N2O3. The van der Waals surface area contributed by atoms with Crippen LogP contribution in [0.5, 0.6) is 0 Å². The van der Waals surface area contributed by atoms with Gasteiger partial charge in [-0.1, -0.05) is 0 Å². The molecule has 0 bridgehead atoms. The molecule has 0 radical (unpaired) electrons. The van der Waals surface area contributed by atoms with Crippen molar-refractivity contribution >= 4 is 11.7 Å². The summed E-state index contributed by atoms with van der Waals surface area (Å²) in [6, 6.07) is 2.06. The Labute approximate surface area is 137 Å². The number of aliphatic hydroxyl groups excluding tert-OH is 1. The SMILES string of the molecule is CC(=O)C(=C(C)O)C(NC(=O)c1cccnc1)(C(F)(F)F)C(F)(F)F. The van der Waals surface area contributed by atoms with Crippen LogP contribution in [0.2, 0.25) is 0 Å². The second kappa shape index (κ2) is 6.73. The molecule has 5 nitrogen and oxygen atoms in total. The lowest BCUT2D eigenvalue weighted by molar-refractivity contribution is -0.290. The molecule has 0 aliphatic heterocycles. The molecular weight excluding hydrogens is 358 g/mol. The summed E-state index contributed by atoms with van der Waals surface area (Å²) in [4.78, 5) is 26.8. The number of Topliss-reactive ketones (excluding diaryl/α,β-unsaturated/α-hetero) is 1. The van der Waals surface area contributed by atoms with Crippen LogP contribution < -0.4 is 5.32 Å². The second-order valence-corrected chi connectivity index (χ2v) is 4.96. The van der Waals surface area contributed by atoms with Gasteiger partial charge in [-0.3, -0.25) is 14.6 Å². The number of ketones is 1. The molecule has 0 aliphatic rings. The van der Waals surface area contributed by atoms with E-state index in [-0.39, 0.29) is 0 Å². The molecule has 1 aromatic heterocycles. The standard InChI is InChI=1S/C14H12F6N2O3/c1-7(23)10(8(2)24)12(13(15,16)17,14(18,19)20)22-11(25)9-4-3-5-21-6-9/h3-6,23H,1-2H3,(H,22,25). The number of aliphatic hydroxyl groups is 1. The number of carbonyl (C=O) groups is 2. The molecule has 1 heterocycles. The maximum atomic E-state index is 13.5. The van der Waals surface area contributed by atoms with Crippen LogP contribution in [0.25, 0.3) is 0 Å². The number of alkyl halides is 6. The summed E-state index contributed by atoms with van der Waals surface area (Å²) in [5.74, 6) is -5.00. The number of halogens is 6. The zero-order valence-electron chi connectivity index (χ0n) is 12.8. The molecule has 0 unspecified atom stereocenters. The summed E-state index contributed by atoms with van der Waals surface area (Å²) < 4.78 is 80.8. The molecule has 1 rings (SSSR count). The van der Waals surface area contributed by atoms with Gasteiger partial charge in [-0.05, 0) is 26.0 Å². The lowest BCUT2D eigenvalue weighted by Gasteiger charge is -2.39. The first-order chi connectivity index (χ1) is 11.3. The van der Waals surface area contributed by atoms with Gasteiger partial charge in [-0.15, -0.1) is 0 Å². The fourth-order valence-corrected chi connectivity index (χ4v) is 2.18. The van der Waals surface area contributed by atoms with Gasteiger partial charge in [0, 0.05) is 12.4 Å². The monoisotopic (exact) mass is 370 g/mol. The fraction of sp³-hybridized carbons (Fsp3) is 0.357. The number of hydrogen-bond donors (Lipinski definition) is 2. The Morgan fingerprint density at radius 1 is 1.08 bits per heavy atom. The number of aromatic nitrogens is 1. The largest absolute Gasteiger partial charge is 0.512 e. The van der Waals surface area contributed by atoms with E-state index in [0.717, 1.165) is 29.8 Å². The molecule has 2 N–H and O–H groups in total. The van der Waals surface area contributed by atoms with E-state index in [1.165, 1.54) is 0 Å². The van der Waals surface area contributed by atoms with Crippen LogP contribution in [-0.4, -0.2) is 39.7 Å². The average Bonchev–Trinajstić information content (AvgIpc) is 2.44. The fourth-order valence-electron chi connectivity index (χ4n) is 2.18. The number of carbonyl (C=O) groups excluding carboxylic acids is 2. The van der Waals surface area contributed by atoms with E-state index in [0.29, 0.717) is 13.8 Å². The summed E-state index contributed by atoms with van der Waals surface area (Å²) in [7, 11) is 0. The number of rotatable bonds is 4. The van der Waals surface area contributed by atoms with Crippen LogP contribution in [0.15, 0.2) is 35.9 Å². The van der Waals surface area contributed by atoms with E-state index in [1.807, 2.05) is 0 Å². The lowest BCUT2D eigenvalue weighted by Crippen LogP contribution is -2.69. The number of nitrogens with one attached hydrogen (secondary N) is 1. The smallest absolute Gasteiger partial charge is 0.425 e. The van der Waals surface area contributed by atoms with Crippen molar-refractivity contribution in [2.24, 2.45) is 0 Å². The third-order valence-electron chi connectivity index (χ3n) is 3.16. The highest BCUT2D eigenvalue weighted by molar-refractivity contribution is 6.00. The number of hydrogen-bond acceptors (Lipinski definition) is 4. The summed E-state index contributed by atoms with van der Waals surface area (Å²) >= 11 is 0. The topological polar surface area (TPSA) is 79.3 Å². The van der Waals surface area contributed by atoms with Crippen LogP contribution in [-0.2, 0) is 4.79 Å². The van der Waals surface area contributed by atoms with Crippen molar-refractivity contribution in [3.63, 3.8) is 0 Å². The van der Waals surface area contributed by atoms with Crippen molar-refractivity contribution in [2.45, 2.75) is 31.7 Å².